The smallest absolute Gasteiger partial charge is 0.0110 e. The maximum atomic E-state index is 3.42. The zero-order valence-corrected chi connectivity index (χ0v) is 12.9. The molecule has 106 valence electrons. The summed E-state index contributed by atoms with van der Waals surface area (Å²) in [6, 6.07) is 9.83. The van der Waals surface area contributed by atoms with E-state index in [1.54, 1.807) is 0 Å². The van der Waals surface area contributed by atoms with Crippen LogP contribution in [-0.2, 0) is 11.8 Å². The molecule has 1 saturated heterocycles. The Labute approximate surface area is 118 Å². The normalized spacial score (nSPS) is 19.4. The van der Waals surface area contributed by atoms with Crippen LogP contribution in [0.5, 0.6) is 0 Å². The Kier molecular flexibility index (Phi) is 4.64. The van der Waals surface area contributed by atoms with Crippen LogP contribution in [0.25, 0.3) is 0 Å². The van der Waals surface area contributed by atoms with Gasteiger partial charge in [0.1, 0.15) is 0 Å². The molecule has 2 nitrogen and oxygen atoms in total. The van der Waals surface area contributed by atoms with Crippen molar-refractivity contribution in [2.45, 2.75) is 45.6 Å². The standard InChI is InChI=1S/C17H28N2/c1-14(19-11-9-18-10-12-19)13-15-5-7-16(8-6-15)17(2,3)4/h5-8,14,18H,9-13H2,1-4H3. The molecule has 1 aliphatic heterocycles. The Morgan fingerprint density at radius 1 is 1.11 bits per heavy atom. The van der Waals surface area contributed by atoms with Crippen molar-refractivity contribution in [2.75, 3.05) is 26.2 Å². The molecular weight excluding hydrogens is 232 g/mol. The van der Waals surface area contributed by atoms with Gasteiger partial charge in [0.2, 0.25) is 0 Å². The summed E-state index contributed by atoms with van der Waals surface area (Å²) in [5.41, 5.74) is 3.13. The average Bonchev–Trinajstić information content (AvgIpc) is 2.39. The summed E-state index contributed by atoms with van der Waals surface area (Å²) in [6.45, 7) is 13.8. The highest BCUT2D eigenvalue weighted by atomic mass is 15.2. The number of piperazine rings is 1. The zero-order valence-electron chi connectivity index (χ0n) is 12.9. The van der Waals surface area contributed by atoms with Crippen molar-refractivity contribution in [1.82, 2.24) is 10.2 Å². The molecule has 1 aliphatic rings. The number of nitrogens with zero attached hydrogens (tertiary/aromatic N) is 1. The monoisotopic (exact) mass is 260 g/mol. The Morgan fingerprint density at radius 2 is 1.68 bits per heavy atom. The molecule has 0 bridgehead atoms. The van der Waals surface area contributed by atoms with E-state index >= 15 is 0 Å². The first kappa shape index (κ1) is 14.5. The van der Waals surface area contributed by atoms with Gasteiger partial charge >= 0.3 is 0 Å². The molecule has 0 aromatic heterocycles. The van der Waals surface area contributed by atoms with Gasteiger partial charge in [-0.2, -0.15) is 0 Å². The van der Waals surface area contributed by atoms with E-state index < -0.39 is 0 Å². The van der Waals surface area contributed by atoms with E-state index in [1.165, 1.54) is 24.2 Å². The fourth-order valence-electron chi connectivity index (χ4n) is 2.73. The molecule has 1 unspecified atom stereocenters. The summed E-state index contributed by atoms with van der Waals surface area (Å²) >= 11 is 0. The summed E-state index contributed by atoms with van der Waals surface area (Å²) in [5.74, 6) is 0. The highest BCUT2D eigenvalue weighted by Crippen LogP contribution is 2.22. The first-order valence-electron chi connectivity index (χ1n) is 7.51. The van der Waals surface area contributed by atoms with Gasteiger partial charge in [0.15, 0.2) is 0 Å². The minimum absolute atomic E-state index is 0.253. The van der Waals surface area contributed by atoms with Crippen molar-refractivity contribution in [1.29, 1.82) is 0 Å². The Morgan fingerprint density at radius 3 is 2.21 bits per heavy atom. The van der Waals surface area contributed by atoms with Gasteiger partial charge in [-0.05, 0) is 29.9 Å². The SMILES string of the molecule is CC(Cc1ccc(C(C)(C)C)cc1)N1CCNCC1. The highest BCUT2D eigenvalue weighted by Gasteiger charge is 2.17. The van der Waals surface area contributed by atoms with Gasteiger partial charge < -0.3 is 5.32 Å². The van der Waals surface area contributed by atoms with E-state index in [4.69, 9.17) is 0 Å². The second-order valence-corrected chi connectivity index (χ2v) is 6.79. The number of hydrogen-bond donors (Lipinski definition) is 1. The van der Waals surface area contributed by atoms with Crippen LogP contribution in [0.1, 0.15) is 38.8 Å². The Hall–Kier alpha value is -0.860. The second-order valence-electron chi connectivity index (χ2n) is 6.79. The lowest BCUT2D eigenvalue weighted by Gasteiger charge is -2.33. The van der Waals surface area contributed by atoms with Crippen molar-refractivity contribution < 1.29 is 0 Å². The molecule has 2 rings (SSSR count). The molecular formula is C17H28N2. The lowest BCUT2D eigenvalue weighted by Crippen LogP contribution is -2.48. The van der Waals surface area contributed by atoms with E-state index in [1.807, 2.05) is 0 Å². The molecule has 0 aliphatic carbocycles. The summed E-state index contributed by atoms with van der Waals surface area (Å²) in [4.78, 5) is 2.59. The van der Waals surface area contributed by atoms with Gasteiger partial charge in [-0.15, -0.1) is 0 Å². The van der Waals surface area contributed by atoms with Gasteiger partial charge in [0.25, 0.3) is 0 Å². The predicted molar refractivity (Wildman–Crippen MR) is 82.8 cm³/mol. The molecule has 1 atom stereocenters. The van der Waals surface area contributed by atoms with Crippen LogP contribution in [-0.4, -0.2) is 37.1 Å². The second kappa shape index (κ2) is 6.06. The number of nitrogens with one attached hydrogen (secondary N) is 1. The van der Waals surface area contributed by atoms with Crippen LogP contribution in [0.2, 0.25) is 0 Å². The molecule has 1 aromatic carbocycles. The van der Waals surface area contributed by atoms with Crippen LogP contribution in [0.4, 0.5) is 0 Å². The van der Waals surface area contributed by atoms with Gasteiger partial charge in [-0.25, -0.2) is 0 Å². The maximum Gasteiger partial charge on any atom is 0.0110 e. The van der Waals surface area contributed by atoms with Crippen LogP contribution in [0, 0.1) is 0 Å². The predicted octanol–water partition coefficient (Wildman–Crippen LogP) is 2.82. The lowest BCUT2D eigenvalue weighted by molar-refractivity contribution is 0.183. The maximum absolute atomic E-state index is 3.42. The largest absolute Gasteiger partial charge is 0.314 e. The van der Waals surface area contributed by atoms with Crippen LogP contribution < -0.4 is 5.32 Å². The topological polar surface area (TPSA) is 15.3 Å². The van der Waals surface area contributed by atoms with Crippen molar-refractivity contribution in [3.63, 3.8) is 0 Å². The molecule has 1 heterocycles. The molecule has 0 amide bonds. The van der Waals surface area contributed by atoms with Crippen LogP contribution in [0.3, 0.4) is 0 Å². The molecule has 19 heavy (non-hydrogen) atoms. The third kappa shape index (κ3) is 4.05. The lowest BCUT2D eigenvalue weighted by atomic mass is 9.86. The quantitative estimate of drug-likeness (QED) is 0.899. The molecule has 2 heteroatoms. The Balaban J connectivity index is 1.95. The first-order chi connectivity index (χ1) is 8.97. The number of hydrogen-bond acceptors (Lipinski definition) is 2. The summed E-state index contributed by atoms with van der Waals surface area (Å²) < 4.78 is 0. The third-order valence-corrected chi connectivity index (χ3v) is 4.13. The van der Waals surface area contributed by atoms with E-state index in [0.717, 1.165) is 19.5 Å². The number of rotatable bonds is 3. The van der Waals surface area contributed by atoms with Gasteiger partial charge in [0, 0.05) is 32.2 Å². The van der Waals surface area contributed by atoms with Gasteiger partial charge in [-0.1, -0.05) is 45.0 Å². The van der Waals surface area contributed by atoms with E-state index in [0.29, 0.717) is 6.04 Å². The van der Waals surface area contributed by atoms with E-state index in [2.05, 4.69) is 62.2 Å². The highest BCUT2D eigenvalue weighted by molar-refractivity contribution is 5.27. The van der Waals surface area contributed by atoms with Crippen LogP contribution in [0.15, 0.2) is 24.3 Å². The zero-order chi connectivity index (χ0) is 13.9. The Bertz CT molecular complexity index is 383. The molecule has 0 radical (unpaired) electrons. The molecule has 1 aromatic rings. The van der Waals surface area contributed by atoms with Crippen LogP contribution >= 0.6 is 0 Å². The number of benzene rings is 1. The van der Waals surface area contributed by atoms with Crippen molar-refractivity contribution in [3.8, 4) is 0 Å². The van der Waals surface area contributed by atoms with E-state index in [9.17, 15) is 0 Å². The fraction of sp³-hybridized carbons (Fsp3) is 0.647. The molecule has 0 saturated carbocycles. The minimum atomic E-state index is 0.253. The third-order valence-electron chi connectivity index (χ3n) is 4.13. The van der Waals surface area contributed by atoms with Crippen molar-refractivity contribution >= 4 is 0 Å². The summed E-state index contributed by atoms with van der Waals surface area (Å²) in [7, 11) is 0. The fourth-order valence-corrected chi connectivity index (χ4v) is 2.73. The minimum Gasteiger partial charge on any atom is -0.314 e. The summed E-state index contributed by atoms with van der Waals surface area (Å²) in [5, 5.41) is 3.42. The summed E-state index contributed by atoms with van der Waals surface area (Å²) in [6.07, 6.45) is 1.16. The average molecular weight is 260 g/mol. The molecule has 1 fully saturated rings. The van der Waals surface area contributed by atoms with Gasteiger partial charge in [0.05, 0.1) is 0 Å². The first-order valence-corrected chi connectivity index (χ1v) is 7.51. The van der Waals surface area contributed by atoms with Crippen molar-refractivity contribution in [2.24, 2.45) is 0 Å². The van der Waals surface area contributed by atoms with Gasteiger partial charge in [-0.3, -0.25) is 4.90 Å². The molecule has 0 spiro atoms. The van der Waals surface area contributed by atoms with E-state index in [-0.39, 0.29) is 5.41 Å². The van der Waals surface area contributed by atoms with Crippen molar-refractivity contribution in [3.05, 3.63) is 35.4 Å². The molecule has 1 N–H and O–H groups in total.